The molecule has 1 aliphatic rings. The van der Waals surface area contributed by atoms with Gasteiger partial charge in [-0.15, -0.1) is 0 Å². The molecule has 1 aromatic rings. The Balaban J connectivity index is 2.19. The third kappa shape index (κ3) is 4.99. The average molecular weight is 449 g/mol. The molecule has 4 N–H and O–H groups in total. The van der Waals surface area contributed by atoms with Crippen molar-refractivity contribution in [2.45, 2.75) is 25.8 Å². The smallest absolute Gasteiger partial charge is 0.344 e. The molecular formula is C15H17ClN4O8S. The fraction of sp³-hybridized carbons (Fsp3) is 0.467. The highest BCUT2D eigenvalue weighted by atomic mass is 35.5. The van der Waals surface area contributed by atoms with Crippen LogP contribution in [0.25, 0.3) is 0 Å². The fourth-order valence-corrected chi connectivity index (χ4v) is 3.54. The van der Waals surface area contributed by atoms with Crippen LogP contribution in [0, 0.1) is 5.92 Å². The molecular weight excluding hydrogens is 432 g/mol. The van der Waals surface area contributed by atoms with E-state index in [2.05, 4.69) is 15.0 Å². The van der Waals surface area contributed by atoms with Crippen molar-refractivity contribution in [2.24, 2.45) is 11.1 Å². The zero-order valence-corrected chi connectivity index (χ0v) is 16.8. The summed E-state index contributed by atoms with van der Waals surface area (Å²) >= 11 is 6.89. The number of ketones is 1. The number of nitrogens with two attached hydrogens (primary N) is 1. The van der Waals surface area contributed by atoms with Crippen LogP contribution < -0.4 is 5.73 Å². The lowest BCUT2D eigenvalue weighted by Gasteiger charge is -2.51. The first kappa shape index (κ1) is 22.5. The number of amides is 1. The monoisotopic (exact) mass is 448 g/mol. The summed E-state index contributed by atoms with van der Waals surface area (Å²) in [6, 6.07) is 0. The van der Waals surface area contributed by atoms with Gasteiger partial charge >= 0.3 is 11.9 Å². The van der Waals surface area contributed by atoms with Gasteiger partial charge in [-0.25, -0.2) is 19.6 Å². The second kappa shape index (κ2) is 8.71. The van der Waals surface area contributed by atoms with Gasteiger partial charge < -0.3 is 20.8 Å². The first-order chi connectivity index (χ1) is 13.4. The van der Waals surface area contributed by atoms with Gasteiger partial charge in [-0.05, 0) is 13.8 Å². The number of rotatable bonds is 10. The molecule has 0 aromatic carbocycles. The largest absolute Gasteiger partial charge is 0.479 e. The predicted octanol–water partition coefficient (Wildman–Crippen LogP) is 0.396. The molecule has 1 aliphatic heterocycles. The molecule has 1 saturated heterocycles. The normalized spacial score (nSPS) is 18.3. The van der Waals surface area contributed by atoms with E-state index in [0.717, 1.165) is 16.4 Å². The summed E-state index contributed by atoms with van der Waals surface area (Å²) in [5, 5.41) is 21.8. The molecule has 2 heterocycles. The summed E-state index contributed by atoms with van der Waals surface area (Å²) in [6.45, 7) is 1.68. The summed E-state index contributed by atoms with van der Waals surface area (Å²) in [4.78, 5) is 59.8. The van der Waals surface area contributed by atoms with Crippen LogP contribution in [-0.4, -0.2) is 68.4 Å². The Morgan fingerprint density at radius 3 is 2.41 bits per heavy atom. The second-order valence-corrected chi connectivity index (χ2v) is 8.05. The number of aromatic nitrogens is 1. The van der Waals surface area contributed by atoms with Crippen molar-refractivity contribution < 1.29 is 39.1 Å². The van der Waals surface area contributed by atoms with Crippen LogP contribution in [0.5, 0.6) is 0 Å². The Hall–Kier alpha value is -2.77. The van der Waals surface area contributed by atoms with Gasteiger partial charge in [0.2, 0.25) is 6.61 Å². The van der Waals surface area contributed by atoms with E-state index in [-0.39, 0.29) is 27.3 Å². The van der Waals surface area contributed by atoms with Gasteiger partial charge in [-0.3, -0.25) is 14.4 Å². The fourth-order valence-electron chi connectivity index (χ4n) is 2.61. The van der Waals surface area contributed by atoms with Crippen molar-refractivity contribution in [2.75, 3.05) is 18.9 Å². The minimum absolute atomic E-state index is 0.0409. The van der Waals surface area contributed by atoms with Crippen LogP contribution in [0.2, 0.25) is 4.34 Å². The molecule has 1 aromatic heterocycles. The van der Waals surface area contributed by atoms with Crippen molar-refractivity contribution in [3.63, 3.8) is 0 Å². The van der Waals surface area contributed by atoms with Crippen molar-refractivity contribution in [1.82, 2.24) is 10.0 Å². The lowest BCUT2D eigenvalue weighted by Crippen LogP contribution is -2.68. The standard InChI is InChI=1S/C15H17ClN4O8S/c1-15(2)6(13(26)20(15)28-5-9(24)25)3-7(21)10(19-27-4-8(22)23)11-12(16)29-14(17)18-11/h6H,3-5H2,1-2H3,(H2,17,18)(H,22,23)(H,24,25)/b19-10+/t6-/m1/s1. The summed E-state index contributed by atoms with van der Waals surface area (Å²) in [5.41, 5.74) is 4.13. The maximum absolute atomic E-state index is 12.8. The molecule has 0 saturated carbocycles. The van der Waals surface area contributed by atoms with E-state index < -0.39 is 48.3 Å². The molecule has 0 radical (unpaired) electrons. The predicted molar refractivity (Wildman–Crippen MR) is 99.3 cm³/mol. The van der Waals surface area contributed by atoms with Crippen LogP contribution in [0.1, 0.15) is 26.0 Å². The van der Waals surface area contributed by atoms with E-state index in [1.165, 1.54) is 0 Å². The maximum Gasteiger partial charge on any atom is 0.344 e. The van der Waals surface area contributed by atoms with Gasteiger partial charge in [0, 0.05) is 6.42 Å². The lowest BCUT2D eigenvalue weighted by molar-refractivity contribution is -0.267. The minimum atomic E-state index is -1.31. The van der Waals surface area contributed by atoms with E-state index in [0.29, 0.717) is 0 Å². The molecule has 0 aliphatic carbocycles. The number of β-lactam (4-membered cyclic amide) rings is 1. The maximum atomic E-state index is 12.8. The van der Waals surface area contributed by atoms with Gasteiger partial charge in [-0.1, -0.05) is 28.1 Å². The third-order valence-electron chi connectivity index (χ3n) is 4.02. The molecule has 0 spiro atoms. The van der Waals surface area contributed by atoms with Crippen molar-refractivity contribution in [3.8, 4) is 0 Å². The Morgan fingerprint density at radius 1 is 1.31 bits per heavy atom. The quantitative estimate of drug-likeness (QED) is 0.257. The summed E-state index contributed by atoms with van der Waals surface area (Å²) in [7, 11) is 0. The second-order valence-electron chi connectivity index (χ2n) is 6.41. The van der Waals surface area contributed by atoms with Crippen molar-refractivity contribution >= 4 is 57.4 Å². The number of carboxylic acid groups (broad SMARTS) is 2. The van der Waals surface area contributed by atoms with Gasteiger partial charge in [-0.2, -0.15) is 0 Å². The third-order valence-corrected chi connectivity index (χ3v) is 5.10. The van der Waals surface area contributed by atoms with Gasteiger partial charge in [0.15, 0.2) is 23.2 Å². The SMILES string of the molecule is CC1(C)[C@H](CC(=O)/C(=N\OCC(=O)O)c2nc(N)sc2Cl)C(=O)N1OCC(=O)O. The number of aliphatic carboxylic acids is 2. The van der Waals surface area contributed by atoms with E-state index in [1.54, 1.807) is 13.8 Å². The molecule has 12 nitrogen and oxygen atoms in total. The molecule has 158 valence electrons. The summed E-state index contributed by atoms with van der Waals surface area (Å²) in [6.07, 6.45) is -0.345. The number of hydrogen-bond acceptors (Lipinski definition) is 10. The number of carboxylic acids is 2. The summed E-state index contributed by atoms with van der Waals surface area (Å²) in [5.74, 6) is -4.69. The Labute approximate surface area is 172 Å². The Bertz CT molecular complexity index is 884. The Morgan fingerprint density at radius 2 is 1.93 bits per heavy atom. The van der Waals surface area contributed by atoms with Crippen LogP contribution in [-0.2, 0) is 28.9 Å². The highest BCUT2D eigenvalue weighted by Gasteiger charge is 2.56. The van der Waals surface area contributed by atoms with Crippen molar-refractivity contribution in [1.29, 1.82) is 0 Å². The number of halogens is 1. The number of oxime groups is 1. The molecule has 0 unspecified atom stereocenters. The number of thiazole rings is 1. The zero-order chi connectivity index (χ0) is 21.9. The van der Waals surface area contributed by atoms with Crippen molar-refractivity contribution in [3.05, 3.63) is 10.0 Å². The highest BCUT2D eigenvalue weighted by molar-refractivity contribution is 7.19. The number of hydrogen-bond donors (Lipinski definition) is 3. The highest BCUT2D eigenvalue weighted by Crippen LogP contribution is 2.40. The average Bonchev–Trinajstić information content (AvgIpc) is 2.93. The van der Waals surface area contributed by atoms with Crippen LogP contribution >= 0.6 is 22.9 Å². The number of anilines is 1. The van der Waals surface area contributed by atoms with E-state index in [4.69, 9.17) is 32.4 Å². The number of carbonyl (C=O) groups is 4. The first-order valence-electron chi connectivity index (χ1n) is 8.01. The lowest BCUT2D eigenvalue weighted by atomic mass is 9.74. The number of Topliss-reactive ketones (excluding diaryl/α,β-unsaturated/α-hetero) is 1. The molecule has 1 fully saturated rings. The van der Waals surface area contributed by atoms with Gasteiger partial charge in [0.25, 0.3) is 5.91 Å². The number of nitrogens with zero attached hydrogens (tertiary/aromatic N) is 3. The van der Waals surface area contributed by atoms with Crippen LogP contribution in [0.3, 0.4) is 0 Å². The van der Waals surface area contributed by atoms with E-state index in [9.17, 15) is 19.2 Å². The van der Waals surface area contributed by atoms with Gasteiger partial charge in [0.1, 0.15) is 10.0 Å². The van der Waals surface area contributed by atoms with Crippen LogP contribution in [0.4, 0.5) is 5.13 Å². The zero-order valence-electron chi connectivity index (χ0n) is 15.2. The topological polar surface area (TPSA) is 182 Å². The van der Waals surface area contributed by atoms with E-state index in [1.807, 2.05) is 0 Å². The number of hydroxylamine groups is 2. The number of carbonyl (C=O) groups excluding carboxylic acids is 2. The Kier molecular flexibility index (Phi) is 6.77. The summed E-state index contributed by atoms with van der Waals surface area (Å²) < 4.78 is 0.0409. The molecule has 2 rings (SSSR count). The van der Waals surface area contributed by atoms with E-state index >= 15 is 0 Å². The molecule has 1 atom stereocenters. The molecule has 14 heteroatoms. The van der Waals surface area contributed by atoms with Crippen LogP contribution in [0.15, 0.2) is 5.16 Å². The molecule has 0 bridgehead atoms. The number of nitrogen functional groups attached to an aromatic ring is 1. The molecule has 1 amide bonds. The molecule has 29 heavy (non-hydrogen) atoms. The van der Waals surface area contributed by atoms with Gasteiger partial charge in [0.05, 0.1) is 11.5 Å². The first-order valence-corrected chi connectivity index (χ1v) is 9.20. The minimum Gasteiger partial charge on any atom is -0.479 e.